The van der Waals surface area contributed by atoms with Crippen molar-refractivity contribution in [3.8, 4) is 0 Å². The van der Waals surface area contributed by atoms with Gasteiger partial charge in [0.25, 0.3) is 0 Å². The lowest BCUT2D eigenvalue weighted by atomic mass is 9.79. The summed E-state index contributed by atoms with van der Waals surface area (Å²) in [5.41, 5.74) is 5.06. The number of carbonyl (C=O) groups is 1. The Labute approximate surface area is 155 Å². The van der Waals surface area contributed by atoms with Gasteiger partial charge < -0.3 is 5.32 Å². The maximum atomic E-state index is 12.4. The lowest BCUT2D eigenvalue weighted by Gasteiger charge is -2.43. The van der Waals surface area contributed by atoms with Crippen LogP contribution in [0.4, 0.5) is 0 Å². The van der Waals surface area contributed by atoms with Crippen LogP contribution in [-0.2, 0) is 4.79 Å². The fourth-order valence-electron chi connectivity index (χ4n) is 3.91. The molecule has 2 aromatic rings. The van der Waals surface area contributed by atoms with Crippen LogP contribution in [0.2, 0.25) is 0 Å². The van der Waals surface area contributed by atoms with Gasteiger partial charge >= 0.3 is 0 Å². The third kappa shape index (κ3) is 3.04. The fourth-order valence-corrected chi connectivity index (χ4v) is 3.91. The first-order chi connectivity index (χ1) is 10.8. The van der Waals surface area contributed by atoms with Crippen LogP contribution < -0.4 is 5.32 Å². The predicted octanol–water partition coefficient (Wildman–Crippen LogP) is 3.46. The maximum Gasteiger partial charge on any atom is 0.242 e. The van der Waals surface area contributed by atoms with Crippen LogP contribution in [-0.4, -0.2) is 30.4 Å². The number of halogens is 2. The van der Waals surface area contributed by atoms with Crippen LogP contribution in [0.3, 0.4) is 0 Å². The maximum absolute atomic E-state index is 12.4. The van der Waals surface area contributed by atoms with Crippen LogP contribution >= 0.6 is 24.8 Å². The van der Waals surface area contributed by atoms with Crippen molar-refractivity contribution < 1.29 is 4.79 Å². The average molecular weight is 365 g/mol. The highest BCUT2D eigenvalue weighted by Crippen LogP contribution is 2.41. The Bertz CT molecular complexity index is 721. The molecule has 0 unspecified atom stereocenters. The quantitative estimate of drug-likeness (QED) is 0.840. The molecule has 0 aromatic heterocycles. The van der Waals surface area contributed by atoms with Crippen LogP contribution in [0.5, 0.6) is 0 Å². The van der Waals surface area contributed by atoms with Gasteiger partial charge in [-0.15, -0.1) is 24.8 Å². The summed E-state index contributed by atoms with van der Waals surface area (Å²) in [6, 6.07) is 16.9. The van der Waals surface area contributed by atoms with E-state index in [1.165, 1.54) is 22.3 Å². The number of rotatable bonds is 1. The van der Waals surface area contributed by atoms with E-state index in [9.17, 15) is 4.79 Å². The topological polar surface area (TPSA) is 32.3 Å². The lowest BCUT2D eigenvalue weighted by Crippen LogP contribution is -2.53. The van der Waals surface area contributed by atoms with Gasteiger partial charge in [0.15, 0.2) is 0 Å². The summed E-state index contributed by atoms with van der Waals surface area (Å²) in [6.45, 7) is 4.70. The second-order valence-corrected chi connectivity index (χ2v) is 6.23. The molecule has 2 atom stereocenters. The van der Waals surface area contributed by atoms with E-state index in [2.05, 4.69) is 65.7 Å². The number of aryl methyl sites for hydroxylation is 1. The van der Waals surface area contributed by atoms with Crippen molar-refractivity contribution >= 4 is 30.7 Å². The molecule has 128 valence electrons. The second-order valence-electron chi connectivity index (χ2n) is 6.23. The van der Waals surface area contributed by atoms with Crippen LogP contribution in [0, 0.1) is 6.92 Å². The predicted molar refractivity (Wildman–Crippen MR) is 101 cm³/mol. The number of amides is 1. The number of carbonyl (C=O) groups excluding carboxylic acids is 1. The molecule has 2 aliphatic heterocycles. The molecule has 24 heavy (non-hydrogen) atoms. The summed E-state index contributed by atoms with van der Waals surface area (Å²) in [7, 11) is 0. The zero-order valence-corrected chi connectivity index (χ0v) is 15.2. The number of benzene rings is 2. The first kappa shape index (κ1) is 18.8. The molecule has 0 bridgehead atoms. The van der Waals surface area contributed by atoms with Gasteiger partial charge in [0.2, 0.25) is 5.91 Å². The van der Waals surface area contributed by atoms with Gasteiger partial charge in [-0.05, 0) is 29.2 Å². The zero-order chi connectivity index (χ0) is 15.1. The van der Waals surface area contributed by atoms with E-state index in [1.54, 1.807) is 0 Å². The van der Waals surface area contributed by atoms with E-state index in [-0.39, 0.29) is 36.8 Å². The summed E-state index contributed by atoms with van der Waals surface area (Å²) in [4.78, 5) is 14.8. The third-order valence-corrected chi connectivity index (χ3v) is 4.94. The molecule has 0 radical (unpaired) electrons. The number of piperazine rings is 1. The molecule has 1 N–H and O–H groups in total. The van der Waals surface area contributed by atoms with Crippen molar-refractivity contribution in [1.82, 2.24) is 10.2 Å². The van der Waals surface area contributed by atoms with Crippen molar-refractivity contribution in [2.75, 3.05) is 19.6 Å². The van der Waals surface area contributed by atoms with E-state index in [1.807, 2.05) is 0 Å². The van der Waals surface area contributed by atoms with Crippen LogP contribution in [0.15, 0.2) is 48.5 Å². The molecule has 1 fully saturated rings. The Morgan fingerprint density at radius 3 is 2.54 bits per heavy atom. The highest BCUT2D eigenvalue weighted by molar-refractivity contribution is 5.86. The molecule has 1 saturated heterocycles. The summed E-state index contributed by atoms with van der Waals surface area (Å²) >= 11 is 0. The minimum atomic E-state index is -0.120. The molecule has 5 heteroatoms. The standard InChI is InChI=1S/C19H20N2O.2ClH/c1-13-6-5-9-15-16(14-7-3-2-4-8-14)12-21-11-10-20-19(22)18(21)17(13)15;;/h2-9,16,18H,10-12H2,1H3,(H,20,22);2*1H/t16-,18+;;/m1../s1. The Balaban J connectivity index is 0.00000104. The highest BCUT2D eigenvalue weighted by Gasteiger charge is 2.40. The summed E-state index contributed by atoms with van der Waals surface area (Å²) in [6.07, 6.45) is 0. The van der Waals surface area contributed by atoms with Crippen molar-refractivity contribution in [1.29, 1.82) is 0 Å². The number of hydrogen-bond donors (Lipinski definition) is 1. The molecule has 0 aliphatic carbocycles. The summed E-state index contributed by atoms with van der Waals surface area (Å²) < 4.78 is 0. The second kappa shape index (κ2) is 7.56. The first-order valence-corrected chi connectivity index (χ1v) is 7.92. The number of nitrogens with one attached hydrogen (secondary N) is 1. The Morgan fingerprint density at radius 1 is 1.04 bits per heavy atom. The van der Waals surface area contributed by atoms with Gasteiger partial charge in [-0.3, -0.25) is 9.69 Å². The molecule has 0 saturated carbocycles. The van der Waals surface area contributed by atoms with Gasteiger partial charge in [-0.2, -0.15) is 0 Å². The smallest absolute Gasteiger partial charge is 0.242 e. The number of hydrogen-bond acceptors (Lipinski definition) is 2. The van der Waals surface area contributed by atoms with Crippen molar-refractivity contribution in [3.05, 3.63) is 70.8 Å². The lowest BCUT2D eigenvalue weighted by molar-refractivity contribution is -0.129. The van der Waals surface area contributed by atoms with Gasteiger partial charge in [-0.1, -0.05) is 48.5 Å². The average Bonchev–Trinajstić information content (AvgIpc) is 2.55. The molecular formula is C19H22Cl2N2O. The highest BCUT2D eigenvalue weighted by atomic mass is 35.5. The Morgan fingerprint density at radius 2 is 1.79 bits per heavy atom. The van der Waals surface area contributed by atoms with Crippen LogP contribution in [0.1, 0.15) is 34.2 Å². The third-order valence-electron chi connectivity index (χ3n) is 4.94. The molecular weight excluding hydrogens is 343 g/mol. The van der Waals surface area contributed by atoms with E-state index >= 15 is 0 Å². The molecule has 1 amide bonds. The van der Waals surface area contributed by atoms with Gasteiger partial charge in [0.1, 0.15) is 6.04 Å². The Hall–Kier alpha value is -1.55. The van der Waals surface area contributed by atoms with Gasteiger partial charge in [-0.25, -0.2) is 0 Å². The summed E-state index contributed by atoms with van der Waals surface area (Å²) in [5.74, 6) is 0.492. The van der Waals surface area contributed by atoms with E-state index in [0.717, 1.165) is 19.6 Å². The SMILES string of the molecule is Cc1cccc2c1[C@H]1C(=O)NCCN1C[C@@H]2c1ccccc1.Cl.Cl. The zero-order valence-electron chi connectivity index (χ0n) is 13.6. The monoisotopic (exact) mass is 364 g/mol. The molecule has 2 heterocycles. The molecule has 2 aliphatic rings. The van der Waals surface area contributed by atoms with Crippen molar-refractivity contribution in [2.24, 2.45) is 0 Å². The van der Waals surface area contributed by atoms with E-state index in [0.29, 0.717) is 5.92 Å². The molecule has 3 nitrogen and oxygen atoms in total. The van der Waals surface area contributed by atoms with Crippen molar-refractivity contribution in [3.63, 3.8) is 0 Å². The first-order valence-electron chi connectivity index (χ1n) is 7.92. The molecule has 2 aromatic carbocycles. The largest absolute Gasteiger partial charge is 0.353 e. The molecule has 0 spiro atoms. The van der Waals surface area contributed by atoms with Gasteiger partial charge in [0, 0.05) is 25.6 Å². The summed E-state index contributed by atoms with van der Waals surface area (Å²) in [5, 5.41) is 3.02. The van der Waals surface area contributed by atoms with Gasteiger partial charge in [0.05, 0.1) is 0 Å². The van der Waals surface area contributed by atoms with Crippen LogP contribution in [0.25, 0.3) is 0 Å². The molecule has 4 rings (SSSR count). The fraction of sp³-hybridized carbons (Fsp3) is 0.316. The number of nitrogens with zero attached hydrogens (tertiary/aromatic N) is 1. The Kier molecular flexibility index (Phi) is 5.92. The minimum Gasteiger partial charge on any atom is -0.353 e. The minimum absolute atomic E-state index is 0. The number of fused-ring (bicyclic) bond motifs is 3. The normalized spacial score (nSPS) is 22.3. The van der Waals surface area contributed by atoms with E-state index in [4.69, 9.17) is 0 Å². The van der Waals surface area contributed by atoms with E-state index < -0.39 is 0 Å². The van der Waals surface area contributed by atoms with Crippen molar-refractivity contribution in [2.45, 2.75) is 18.9 Å².